The number of hydrogen-bond acceptors (Lipinski definition) is 3. The largest absolute Gasteiger partial charge is 0.381 e. The Hall–Kier alpha value is -1.06. The minimum Gasteiger partial charge on any atom is -0.381 e. The molecular weight excluding hydrogens is 140 g/mol. The minimum absolute atomic E-state index is 0.570. The SMILES string of the molecule is CCCn1nnc(N)c1CC. The van der Waals surface area contributed by atoms with Crippen molar-refractivity contribution >= 4 is 5.82 Å². The van der Waals surface area contributed by atoms with Crippen LogP contribution in [0.3, 0.4) is 0 Å². The molecule has 0 spiro atoms. The first-order valence-corrected chi connectivity index (χ1v) is 3.97. The first kappa shape index (κ1) is 8.04. The van der Waals surface area contributed by atoms with Crippen molar-refractivity contribution < 1.29 is 0 Å². The van der Waals surface area contributed by atoms with Gasteiger partial charge < -0.3 is 5.73 Å². The molecule has 0 amide bonds. The third kappa shape index (κ3) is 1.50. The second kappa shape index (κ2) is 3.37. The van der Waals surface area contributed by atoms with Gasteiger partial charge in [0, 0.05) is 6.54 Å². The van der Waals surface area contributed by atoms with E-state index in [1.54, 1.807) is 0 Å². The summed E-state index contributed by atoms with van der Waals surface area (Å²) in [5, 5.41) is 7.71. The van der Waals surface area contributed by atoms with Crippen molar-refractivity contribution in [2.45, 2.75) is 33.2 Å². The molecule has 1 aromatic rings. The Kier molecular flexibility index (Phi) is 2.46. The maximum absolute atomic E-state index is 5.59. The highest BCUT2D eigenvalue weighted by molar-refractivity contribution is 5.32. The zero-order chi connectivity index (χ0) is 8.27. The quantitative estimate of drug-likeness (QED) is 0.701. The van der Waals surface area contributed by atoms with E-state index in [0.29, 0.717) is 5.82 Å². The van der Waals surface area contributed by atoms with Gasteiger partial charge in [0.25, 0.3) is 0 Å². The molecule has 2 N–H and O–H groups in total. The molecule has 1 rings (SSSR count). The van der Waals surface area contributed by atoms with Crippen LogP contribution in [0.25, 0.3) is 0 Å². The molecule has 0 radical (unpaired) electrons. The van der Waals surface area contributed by atoms with Gasteiger partial charge in [-0.1, -0.05) is 19.1 Å². The van der Waals surface area contributed by atoms with Crippen LogP contribution in [0.1, 0.15) is 26.0 Å². The summed E-state index contributed by atoms with van der Waals surface area (Å²) in [5.74, 6) is 0.570. The normalized spacial score (nSPS) is 10.4. The lowest BCUT2D eigenvalue weighted by Gasteiger charge is -2.00. The van der Waals surface area contributed by atoms with Crippen molar-refractivity contribution in [3.8, 4) is 0 Å². The van der Waals surface area contributed by atoms with E-state index in [1.165, 1.54) is 0 Å². The fourth-order valence-corrected chi connectivity index (χ4v) is 1.10. The Morgan fingerprint density at radius 1 is 1.45 bits per heavy atom. The molecular formula is C7H14N4. The van der Waals surface area contributed by atoms with Gasteiger partial charge in [0.2, 0.25) is 0 Å². The van der Waals surface area contributed by atoms with Gasteiger partial charge in [-0.25, -0.2) is 4.68 Å². The molecule has 0 unspecified atom stereocenters. The molecule has 0 atom stereocenters. The van der Waals surface area contributed by atoms with Gasteiger partial charge in [0.05, 0.1) is 5.69 Å². The number of nitrogens with zero attached hydrogens (tertiary/aromatic N) is 3. The lowest BCUT2D eigenvalue weighted by atomic mass is 10.3. The fourth-order valence-electron chi connectivity index (χ4n) is 1.10. The van der Waals surface area contributed by atoms with E-state index in [1.807, 2.05) is 4.68 Å². The monoisotopic (exact) mass is 154 g/mol. The van der Waals surface area contributed by atoms with E-state index in [2.05, 4.69) is 24.2 Å². The third-order valence-electron chi connectivity index (χ3n) is 1.64. The van der Waals surface area contributed by atoms with Crippen LogP contribution in [-0.4, -0.2) is 15.0 Å². The molecule has 4 heteroatoms. The molecule has 0 saturated heterocycles. The highest BCUT2D eigenvalue weighted by atomic mass is 15.4. The Bertz CT molecular complexity index is 228. The number of anilines is 1. The van der Waals surface area contributed by atoms with Crippen LogP contribution >= 0.6 is 0 Å². The standard InChI is InChI=1S/C7H14N4/c1-3-5-11-6(4-2)7(8)9-10-11/h3-5,8H2,1-2H3. The second-order valence-electron chi connectivity index (χ2n) is 2.50. The van der Waals surface area contributed by atoms with E-state index in [-0.39, 0.29) is 0 Å². The van der Waals surface area contributed by atoms with E-state index in [0.717, 1.165) is 25.1 Å². The van der Waals surface area contributed by atoms with E-state index in [4.69, 9.17) is 5.73 Å². The van der Waals surface area contributed by atoms with Crippen LogP contribution in [0.4, 0.5) is 5.82 Å². The molecule has 4 nitrogen and oxygen atoms in total. The zero-order valence-corrected chi connectivity index (χ0v) is 7.04. The second-order valence-corrected chi connectivity index (χ2v) is 2.50. The van der Waals surface area contributed by atoms with Crippen LogP contribution in [0.2, 0.25) is 0 Å². The van der Waals surface area contributed by atoms with Gasteiger partial charge in [-0.3, -0.25) is 0 Å². The molecule has 0 aliphatic rings. The molecule has 11 heavy (non-hydrogen) atoms. The Morgan fingerprint density at radius 3 is 2.73 bits per heavy atom. The lowest BCUT2D eigenvalue weighted by Crippen LogP contribution is -2.04. The average molecular weight is 154 g/mol. The highest BCUT2D eigenvalue weighted by Crippen LogP contribution is 2.07. The Balaban J connectivity index is 2.86. The van der Waals surface area contributed by atoms with Gasteiger partial charge in [-0.15, -0.1) is 5.10 Å². The number of hydrogen-bond donors (Lipinski definition) is 1. The first-order valence-electron chi connectivity index (χ1n) is 3.97. The van der Waals surface area contributed by atoms with Crippen molar-refractivity contribution in [1.82, 2.24) is 15.0 Å². The zero-order valence-electron chi connectivity index (χ0n) is 7.04. The van der Waals surface area contributed by atoms with Gasteiger partial charge in [0.15, 0.2) is 5.82 Å². The molecule has 1 aromatic heterocycles. The summed E-state index contributed by atoms with van der Waals surface area (Å²) in [6.45, 7) is 5.08. The van der Waals surface area contributed by atoms with Crippen LogP contribution in [0.15, 0.2) is 0 Å². The number of nitrogen functional groups attached to an aromatic ring is 1. The summed E-state index contributed by atoms with van der Waals surface area (Å²) in [5.41, 5.74) is 6.64. The van der Waals surface area contributed by atoms with Crippen molar-refractivity contribution in [3.05, 3.63) is 5.69 Å². The molecule has 0 aromatic carbocycles. The summed E-state index contributed by atoms with van der Waals surface area (Å²) in [6.07, 6.45) is 1.97. The smallest absolute Gasteiger partial charge is 0.169 e. The first-order chi connectivity index (χ1) is 5.29. The van der Waals surface area contributed by atoms with Crippen molar-refractivity contribution in [1.29, 1.82) is 0 Å². The van der Waals surface area contributed by atoms with Gasteiger partial charge in [-0.05, 0) is 12.8 Å². The molecule has 0 aliphatic heterocycles. The summed E-state index contributed by atoms with van der Waals surface area (Å²) in [7, 11) is 0. The third-order valence-corrected chi connectivity index (χ3v) is 1.64. The van der Waals surface area contributed by atoms with Gasteiger partial charge in [-0.2, -0.15) is 0 Å². The van der Waals surface area contributed by atoms with E-state index < -0.39 is 0 Å². The van der Waals surface area contributed by atoms with E-state index in [9.17, 15) is 0 Å². The molecule has 0 bridgehead atoms. The van der Waals surface area contributed by atoms with E-state index >= 15 is 0 Å². The molecule has 1 heterocycles. The number of rotatable bonds is 3. The van der Waals surface area contributed by atoms with Crippen molar-refractivity contribution in [2.24, 2.45) is 0 Å². The van der Waals surface area contributed by atoms with Crippen LogP contribution in [0.5, 0.6) is 0 Å². The topological polar surface area (TPSA) is 56.7 Å². The minimum atomic E-state index is 0.570. The molecule has 0 aliphatic carbocycles. The number of nitrogens with two attached hydrogens (primary N) is 1. The summed E-state index contributed by atoms with van der Waals surface area (Å²) in [4.78, 5) is 0. The maximum Gasteiger partial charge on any atom is 0.169 e. The molecule has 62 valence electrons. The summed E-state index contributed by atoms with van der Waals surface area (Å²) in [6, 6.07) is 0. The predicted molar refractivity (Wildman–Crippen MR) is 44.1 cm³/mol. The van der Waals surface area contributed by atoms with Crippen LogP contribution < -0.4 is 5.73 Å². The number of aryl methyl sites for hydroxylation is 1. The van der Waals surface area contributed by atoms with Gasteiger partial charge >= 0.3 is 0 Å². The van der Waals surface area contributed by atoms with Crippen molar-refractivity contribution in [2.75, 3.05) is 5.73 Å². The average Bonchev–Trinajstić information content (AvgIpc) is 2.33. The Morgan fingerprint density at radius 2 is 2.18 bits per heavy atom. The fraction of sp³-hybridized carbons (Fsp3) is 0.714. The number of aromatic nitrogens is 3. The van der Waals surface area contributed by atoms with Crippen molar-refractivity contribution in [3.63, 3.8) is 0 Å². The molecule has 0 fully saturated rings. The summed E-state index contributed by atoms with van der Waals surface area (Å²) < 4.78 is 1.87. The Labute approximate surface area is 66.4 Å². The van der Waals surface area contributed by atoms with Crippen LogP contribution in [-0.2, 0) is 13.0 Å². The predicted octanol–water partition coefficient (Wildman–Crippen LogP) is 0.833. The molecule has 0 saturated carbocycles. The lowest BCUT2D eigenvalue weighted by molar-refractivity contribution is 0.558. The highest BCUT2D eigenvalue weighted by Gasteiger charge is 2.05. The summed E-state index contributed by atoms with van der Waals surface area (Å²) >= 11 is 0. The van der Waals surface area contributed by atoms with Crippen LogP contribution in [0, 0.1) is 0 Å². The maximum atomic E-state index is 5.59. The van der Waals surface area contributed by atoms with Gasteiger partial charge in [0.1, 0.15) is 0 Å².